The molecule has 2 aromatic carbocycles. The molecule has 3 heteroatoms. The summed E-state index contributed by atoms with van der Waals surface area (Å²) < 4.78 is 0. The van der Waals surface area contributed by atoms with E-state index < -0.39 is 0 Å². The van der Waals surface area contributed by atoms with Gasteiger partial charge in [-0.05, 0) is 13.0 Å². The minimum atomic E-state index is -0.143. The number of nitrogens with one attached hydrogen (secondary N) is 1. The van der Waals surface area contributed by atoms with Crippen LogP contribution in [0.4, 0.5) is 0 Å². The molecule has 1 aromatic heterocycles. The average molecular weight is 262 g/mol. The van der Waals surface area contributed by atoms with Gasteiger partial charge in [0.05, 0.1) is 5.69 Å². The maximum Gasteiger partial charge on any atom is 0.251 e. The van der Waals surface area contributed by atoms with E-state index in [1.54, 1.807) is 0 Å². The molecule has 0 aliphatic carbocycles. The van der Waals surface area contributed by atoms with E-state index in [9.17, 15) is 4.79 Å². The lowest BCUT2D eigenvalue weighted by molar-refractivity contribution is 1.13. The lowest BCUT2D eigenvalue weighted by atomic mass is 10.1. The molecule has 0 bridgehead atoms. The predicted octanol–water partition coefficient (Wildman–Crippen LogP) is 3.41. The van der Waals surface area contributed by atoms with Crippen LogP contribution in [-0.4, -0.2) is 9.97 Å². The standard InChI is InChI=1S/C17H14N2O/c1-12-6-5-9-14(10-12)17-18-15(11-16(20)19-17)13-7-3-2-4-8-13/h2-11H,1H3,(H,18,19,20). The number of H-pyrrole nitrogens is 1. The summed E-state index contributed by atoms with van der Waals surface area (Å²) in [7, 11) is 0. The monoisotopic (exact) mass is 262 g/mol. The number of hydrogen-bond acceptors (Lipinski definition) is 2. The van der Waals surface area contributed by atoms with Crippen molar-refractivity contribution in [2.75, 3.05) is 0 Å². The summed E-state index contributed by atoms with van der Waals surface area (Å²) in [6, 6.07) is 19.2. The van der Waals surface area contributed by atoms with Crippen LogP contribution < -0.4 is 5.56 Å². The fourth-order valence-corrected chi connectivity index (χ4v) is 2.14. The highest BCUT2D eigenvalue weighted by Crippen LogP contribution is 2.19. The number of rotatable bonds is 2. The zero-order valence-electron chi connectivity index (χ0n) is 11.1. The Kier molecular flexibility index (Phi) is 3.17. The molecule has 98 valence electrons. The molecule has 3 nitrogen and oxygen atoms in total. The molecule has 0 aliphatic rings. The van der Waals surface area contributed by atoms with Gasteiger partial charge in [-0.3, -0.25) is 4.79 Å². The second kappa shape index (κ2) is 5.13. The van der Waals surface area contributed by atoms with Gasteiger partial charge in [0.25, 0.3) is 5.56 Å². The third-order valence-electron chi connectivity index (χ3n) is 3.10. The molecule has 20 heavy (non-hydrogen) atoms. The van der Waals surface area contributed by atoms with E-state index in [2.05, 4.69) is 9.97 Å². The predicted molar refractivity (Wildman–Crippen MR) is 80.5 cm³/mol. The van der Waals surface area contributed by atoms with Crippen LogP contribution in [0.25, 0.3) is 22.6 Å². The van der Waals surface area contributed by atoms with Crippen LogP contribution >= 0.6 is 0 Å². The van der Waals surface area contributed by atoms with Gasteiger partial charge >= 0.3 is 0 Å². The number of hydrogen-bond donors (Lipinski definition) is 1. The van der Waals surface area contributed by atoms with Crippen LogP contribution in [0.15, 0.2) is 65.5 Å². The highest BCUT2D eigenvalue weighted by molar-refractivity contribution is 5.63. The summed E-state index contributed by atoms with van der Waals surface area (Å²) in [6.45, 7) is 2.02. The van der Waals surface area contributed by atoms with Gasteiger partial charge in [-0.15, -0.1) is 0 Å². The van der Waals surface area contributed by atoms with E-state index in [1.165, 1.54) is 6.07 Å². The molecule has 0 saturated heterocycles. The first-order valence-electron chi connectivity index (χ1n) is 6.46. The van der Waals surface area contributed by atoms with Gasteiger partial charge in [-0.2, -0.15) is 0 Å². The van der Waals surface area contributed by atoms with Crippen LogP contribution in [0.3, 0.4) is 0 Å². The topological polar surface area (TPSA) is 45.8 Å². The normalized spacial score (nSPS) is 10.4. The summed E-state index contributed by atoms with van der Waals surface area (Å²) in [5.41, 5.74) is 3.53. The Morgan fingerprint density at radius 2 is 1.65 bits per heavy atom. The van der Waals surface area contributed by atoms with Crippen molar-refractivity contribution >= 4 is 0 Å². The second-order valence-corrected chi connectivity index (χ2v) is 4.71. The van der Waals surface area contributed by atoms with E-state index in [0.717, 1.165) is 16.7 Å². The van der Waals surface area contributed by atoms with Crippen molar-refractivity contribution in [2.24, 2.45) is 0 Å². The first-order chi connectivity index (χ1) is 9.72. The second-order valence-electron chi connectivity index (χ2n) is 4.71. The Balaban J connectivity index is 2.15. The van der Waals surface area contributed by atoms with Gasteiger partial charge in [0.2, 0.25) is 0 Å². The number of aryl methyl sites for hydroxylation is 1. The fraction of sp³-hybridized carbons (Fsp3) is 0.0588. The minimum absolute atomic E-state index is 0.143. The fourth-order valence-electron chi connectivity index (χ4n) is 2.14. The molecule has 0 amide bonds. The Hall–Kier alpha value is -2.68. The first-order valence-corrected chi connectivity index (χ1v) is 6.46. The lowest BCUT2D eigenvalue weighted by Crippen LogP contribution is -2.08. The van der Waals surface area contributed by atoms with Crippen molar-refractivity contribution < 1.29 is 0 Å². The molecule has 0 spiro atoms. The van der Waals surface area contributed by atoms with E-state index in [4.69, 9.17) is 0 Å². The summed E-state index contributed by atoms with van der Waals surface area (Å²) in [5.74, 6) is 0.597. The molecule has 0 unspecified atom stereocenters. The Bertz CT molecular complexity index is 791. The zero-order valence-corrected chi connectivity index (χ0v) is 11.1. The van der Waals surface area contributed by atoms with Crippen molar-refractivity contribution in [3.05, 3.63) is 76.6 Å². The molecule has 1 heterocycles. The first kappa shape index (κ1) is 12.4. The molecular formula is C17H14N2O. The van der Waals surface area contributed by atoms with Crippen LogP contribution in [0.2, 0.25) is 0 Å². The molecule has 0 saturated carbocycles. The maximum absolute atomic E-state index is 11.8. The molecule has 3 aromatic rings. The third-order valence-corrected chi connectivity index (χ3v) is 3.10. The Morgan fingerprint density at radius 3 is 2.40 bits per heavy atom. The Morgan fingerprint density at radius 1 is 0.900 bits per heavy atom. The number of benzene rings is 2. The van der Waals surface area contributed by atoms with Gasteiger partial charge in [0, 0.05) is 17.2 Å². The van der Waals surface area contributed by atoms with Crippen molar-refractivity contribution in [1.29, 1.82) is 0 Å². The zero-order chi connectivity index (χ0) is 13.9. The van der Waals surface area contributed by atoms with Gasteiger partial charge in [-0.25, -0.2) is 4.98 Å². The van der Waals surface area contributed by atoms with Crippen molar-refractivity contribution in [1.82, 2.24) is 9.97 Å². The van der Waals surface area contributed by atoms with E-state index >= 15 is 0 Å². The van der Waals surface area contributed by atoms with Crippen LogP contribution in [0, 0.1) is 6.92 Å². The van der Waals surface area contributed by atoms with E-state index in [-0.39, 0.29) is 5.56 Å². The largest absolute Gasteiger partial charge is 0.306 e. The molecular weight excluding hydrogens is 248 g/mol. The molecule has 3 rings (SSSR count). The molecule has 0 aliphatic heterocycles. The van der Waals surface area contributed by atoms with Gasteiger partial charge in [-0.1, -0.05) is 54.1 Å². The summed E-state index contributed by atoms with van der Waals surface area (Å²) in [5, 5.41) is 0. The van der Waals surface area contributed by atoms with E-state index in [0.29, 0.717) is 11.5 Å². The lowest BCUT2D eigenvalue weighted by Gasteiger charge is -2.05. The van der Waals surface area contributed by atoms with Crippen molar-refractivity contribution in [2.45, 2.75) is 6.92 Å². The molecule has 0 radical (unpaired) electrons. The van der Waals surface area contributed by atoms with Crippen LogP contribution in [0.1, 0.15) is 5.56 Å². The molecule has 1 N–H and O–H groups in total. The van der Waals surface area contributed by atoms with E-state index in [1.807, 2.05) is 61.5 Å². The van der Waals surface area contributed by atoms with Gasteiger partial charge < -0.3 is 4.98 Å². The highest BCUT2D eigenvalue weighted by Gasteiger charge is 2.05. The van der Waals surface area contributed by atoms with Gasteiger partial charge in [0.1, 0.15) is 5.82 Å². The smallest absolute Gasteiger partial charge is 0.251 e. The van der Waals surface area contributed by atoms with Crippen molar-refractivity contribution in [3.63, 3.8) is 0 Å². The molecule has 0 atom stereocenters. The third kappa shape index (κ3) is 2.52. The summed E-state index contributed by atoms with van der Waals surface area (Å²) in [4.78, 5) is 19.2. The molecule has 0 fully saturated rings. The van der Waals surface area contributed by atoms with Gasteiger partial charge in [0.15, 0.2) is 0 Å². The minimum Gasteiger partial charge on any atom is -0.306 e. The van der Waals surface area contributed by atoms with Crippen LogP contribution in [0.5, 0.6) is 0 Å². The maximum atomic E-state index is 11.8. The van der Waals surface area contributed by atoms with Crippen molar-refractivity contribution in [3.8, 4) is 22.6 Å². The summed E-state index contributed by atoms with van der Waals surface area (Å²) in [6.07, 6.45) is 0. The summed E-state index contributed by atoms with van der Waals surface area (Å²) >= 11 is 0. The Labute approximate surface area is 117 Å². The highest BCUT2D eigenvalue weighted by atomic mass is 16.1. The van der Waals surface area contributed by atoms with Crippen LogP contribution in [-0.2, 0) is 0 Å². The number of aromatic amines is 1. The SMILES string of the molecule is Cc1cccc(-c2nc(-c3ccccc3)cc(=O)[nH]2)c1. The number of nitrogens with zero attached hydrogens (tertiary/aromatic N) is 1. The number of aromatic nitrogens is 2. The average Bonchev–Trinajstić information content (AvgIpc) is 2.47. The quantitative estimate of drug-likeness (QED) is 0.769.